The number of halogens is 1. The number of anilines is 1. The predicted molar refractivity (Wildman–Crippen MR) is 83.5 cm³/mol. The van der Waals surface area contributed by atoms with E-state index in [1.165, 1.54) is 0 Å². The second-order valence-electron chi connectivity index (χ2n) is 4.83. The zero-order valence-electron chi connectivity index (χ0n) is 12.5. The molecular formula is C15H20ClN3O2. The smallest absolute Gasteiger partial charge is 0.224 e. The molecule has 0 unspecified atom stereocenters. The summed E-state index contributed by atoms with van der Waals surface area (Å²) in [5, 5.41) is 12.5. The van der Waals surface area contributed by atoms with Crippen molar-refractivity contribution in [2.75, 3.05) is 32.6 Å². The lowest BCUT2D eigenvalue weighted by Crippen LogP contribution is -2.31. The number of amides is 1. The van der Waals surface area contributed by atoms with Crippen molar-refractivity contribution >= 4 is 23.2 Å². The van der Waals surface area contributed by atoms with E-state index in [4.69, 9.17) is 21.6 Å². The van der Waals surface area contributed by atoms with Crippen molar-refractivity contribution in [1.82, 2.24) is 4.90 Å². The molecule has 0 saturated heterocycles. The van der Waals surface area contributed by atoms with E-state index in [1.54, 1.807) is 44.2 Å². The van der Waals surface area contributed by atoms with Gasteiger partial charge in [-0.05, 0) is 25.1 Å². The molecule has 0 aliphatic carbocycles. The molecule has 21 heavy (non-hydrogen) atoms. The van der Waals surface area contributed by atoms with Crippen molar-refractivity contribution < 1.29 is 9.53 Å². The van der Waals surface area contributed by atoms with Gasteiger partial charge in [0.15, 0.2) is 0 Å². The van der Waals surface area contributed by atoms with Crippen LogP contribution in [0, 0.1) is 17.2 Å². The highest BCUT2D eigenvalue weighted by Gasteiger charge is 2.12. The van der Waals surface area contributed by atoms with Crippen LogP contribution >= 0.6 is 11.6 Å². The summed E-state index contributed by atoms with van der Waals surface area (Å²) in [6.45, 7) is 2.70. The van der Waals surface area contributed by atoms with Crippen LogP contribution in [0.2, 0.25) is 5.02 Å². The summed E-state index contributed by atoms with van der Waals surface area (Å²) in [4.78, 5) is 13.5. The minimum atomic E-state index is -0.167. The summed E-state index contributed by atoms with van der Waals surface area (Å²) in [6.07, 6.45) is 0.338. The third-order valence-electron chi connectivity index (χ3n) is 3.01. The standard InChI is InChI=1S/C15H20ClN3O2/c1-11(9-17)10-19(2)15(20)6-7-18-13-8-12(16)4-5-14(13)21-3/h4-5,8,11,18H,6-7,10H2,1-3H3/t11-/m0/s1. The number of methoxy groups -OCH3 is 1. The first kappa shape index (κ1) is 17.1. The van der Waals surface area contributed by atoms with Crippen LogP contribution in [0.15, 0.2) is 18.2 Å². The lowest BCUT2D eigenvalue weighted by molar-refractivity contribution is -0.129. The number of hydrogen-bond acceptors (Lipinski definition) is 4. The summed E-state index contributed by atoms with van der Waals surface area (Å²) >= 11 is 5.94. The molecule has 1 N–H and O–H groups in total. The topological polar surface area (TPSA) is 65.4 Å². The minimum absolute atomic E-state index is 0.00871. The molecule has 0 saturated carbocycles. The van der Waals surface area contributed by atoms with Gasteiger partial charge in [0.05, 0.1) is 24.8 Å². The van der Waals surface area contributed by atoms with Gasteiger partial charge in [-0.2, -0.15) is 5.26 Å². The summed E-state index contributed by atoms with van der Waals surface area (Å²) in [6, 6.07) is 7.38. The van der Waals surface area contributed by atoms with E-state index in [-0.39, 0.29) is 11.8 Å². The number of carbonyl (C=O) groups is 1. The van der Waals surface area contributed by atoms with Crippen molar-refractivity contribution in [3.05, 3.63) is 23.2 Å². The van der Waals surface area contributed by atoms with Crippen LogP contribution in [0.4, 0.5) is 5.69 Å². The first-order chi connectivity index (χ1) is 9.97. The Hall–Kier alpha value is -1.93. The second-order valence-corrected chi connectivity index (χ2v) is 5.26. The monoisotopic (exact) mass is 309 g/mol. The first-order valence-corrected chi connectivity index (χ1v) is 7.06. The van der Waals surface area contributed by atoms with Crippen molar-refractivity contribution in [2.45, 2.75) is 13.3 Å². The van der Waals surface area contributed by atoms with E-state index in [2.05, 4.69) is 11.4 Å². The van der Waals surface area contributed by atoms with E-state index in [0.717, 1.165) is 5.69 Å². The third-order valence-corrected chi connectivity index (χ3v) is 3.24. The molecule has 1 amide bonds. The molecule has 0 fully saturated rings. The van der Waals surface area contributed by atoms with Gasteiger partial charge in [0.1, 0.15) is 5.75 Å². The molecule has 1 rings (SSSR count). The van der Waals surface area contributed by atoms with E-state index in [0.29, 0.717) is 30.3 Å². The molecule has 1 aromatic carbocycles. The van der Waals surface area contributed by atoms with Crippen molar-refractivity contribution in [2.24, 2.45) is 5.92 Å². The molecule has 0 radical (unpaired) electrons. The molecule has 0 aliphatic rings. The van der Waals surface area contributed by atoms with Crippen LogP contribution in [0.3, 0.4) is 0 Å². The maximum atomic E-state index is 11.9. The molecule has 5 nitrogen and oxygen atoms in total. The third kappa shape index (κ3) is 5.52. The maximum Gasteiger partial charge on any atom is 0.224 e. The Morgan fingerprint density at radius 1 is 1.57 bits per heavy atom. The lowest BCUT2D eigenvalue weighted by Gasteiger charge is -2.18. The molecular weight excluding hydrogens is 290 g/mol. The Balaban J connectivity index is 2.48. The van der Waals surface area contributed by atoms with Gasteiger partial charge in [0.2, 0.25) is 5.91 Å². The highest BCUT2D eigenvalue weighted by atomic mass is 35.5. The Bertz CT molecular complexity index is 528. The number of nitrogens with zero attached hydrogens (tertiary/aromatic N) is 2. The van der Waals surface area contributed by atoms with Crippen molar-refractivity contribution in [3.63, 3.8) is 0 Å². The second kappa shape index (κ2) is 8.38. The Morgan fingerprint density at radius 2 is 2.29 bits per heavy atom. The number of rotatable bonds is 7. The molecule has 114 valence electrons. The zero-order chi connectivity index (χ0) is 15.8. The fraction of sp³-hybridized carbons (Fsp3) is 0.467. The summed E-state index contributed by atoms with van der Waals surface area (Å²) < 4.78 is 5.22. The lowest BCUT2D eigenvalue weighted by atomic mass is 10.2. The number of benzene rings is 1. The van der Waals surface area contributed by atoms with Crippen molar-refractivity contribution in [1.29, 1.82) is 5.26 Å². The Kier molecular flexibility index (Phi) is 6.83. The van der Waals surface area contributed by atoms with E-state index >= 15 is 0 Å². The molecule has 1 aromatic rings. The van der Waals surface area contributed by atoms with Crippen LogP contribution in [0.25, 0.3) is 0 Å². The highest BCUT2D eigenvalue weighted by molar-refractivity contribution is 6.30. The molecule has 1 atom stereocenters. The zero-order valence-corrected chi connectivity index (χ0v) is 13.3. The number of nitrogens with one attached hydrogen (secondary N) is 1. The summed E-state index contributed by atoms with van der Waals surface area (Å²) in [5.41, 5.74) is 0.755. The molecule has 0 heterocycles. The van der Waals surface area contributed by atoms with E-state index in [1.807, 2.05) is 0 Å². The summed E-state index contributed by atoms with van der Waals surface area (Å²) in [7, 11) is 3.28. The van der Waals surface area contributed by atoms with Gasteiger partial charge >= 0.3 is 0 Å². The van der Waals surface area contributed by atoms with Crippen LogP contribution in [0.5, 0.6) is 5.75 Å². The van der Waals surface area contributed by atoms with Gasteiger partial charge < -0.3 is 15.0 Å². The SMILES string of the molecule is COc1ccc(Cl)cc1NCCC(=O)N(C)C[C@@H](C)C#N. The Labute approximate surface area is 130 Å². The molecule has 0 aromatic heterocycles. The number of carbonyl (C=O) groups excluding carboxylic acids is 1. The van der Waals surface area contributed by atoms with Gasteiger partial charge in [-0.1, -0.05) is 11.6 Å². The summed E-state index contributed by atoms with van der Waals surface area (Å²) in [5.74, 6) is 0.504. The molecule has 0 spiro atoms. The normalized spacial score (nSPS) is 11.4. The van der Waals surface area contributed by atoms with Crippen LogP contribution < -0.4 is 10.1 Å². The van der Waals surface area contributed by atoms with Gasteiger partial charge in [-0.3, -0.25) is 4.79 Å². The van der Waals surface area contributed by atoms with Crippen molar-refractivity contribution in [3.8, 4) is 11.8 Å². The quantitative estimate of drug-likeness (QED) is 0.841. The number of hydrogen-bond donors (Lipinski definition) is 1. The first-order valence-electron chi connectivity index (χ1n) is 6.69. The number of ether oxygens (including phenoxy) is 1. The number of nitriles is 1. The Morgan fingerprint density at radius 3 is 2.90 bits per heavy atom. The molecule has 0 aliphatic heterocycles. The fourth-order valence-electron chi connectivity index (χ4n) is 1.87. The van der Waals surface area contributed by atoms with Gasteiger partial charge in [0, 0.05) is 31.6 Å². The molecule has 0 bridgehead atoms. The maximum absolute atomic E-state index is 11.9. The predicted octanol–water partition coefficient (Wildman–Crippen LogP) is 2.77. The van der Waals surface area contributed by atoms with Crippen LogP contribution in [0.1, 0.15) is 13.3 Å². The average molecular weight is 310 g/mol. The van der Waals surface area contributed by atoms with Gasteiger partial charge in [-0.25, -0.2) is 0 Å². The van der Waals surface area contributed by atoms with E-state index in [9.17, 15) is 4.79 Å². The average Bonchev–Trinajstić information content (AvgIpc) is 2.47. The molecule has 6 heteroatoms. The van der Waals surface area contributed by atoms with E-state index < -0.39 is 0 Å². The fourth-order valence-corrected chi connectivity index (χ4v) is 2.04. The minimum Gasteiger partial charge on any atom is -0.495 e. The highest BCUT2D eigenvalue weighted by Crippen LogP contribution is 2.27. The van der Waals surface area contributed by atoms with Gasteiger partial charge in [-0.15, -0.1) is 0 Å². The van der Waals surface area contributed by atoms with Gasteiger partial charge in [0.25, 0.3) is 0 Å². The largest absolute Gasteiger partial charge is 0.495 e. The van der Waals surface area contributed by atoms with Crippen LogP contribution in [-0.2, 0) is 4.79 Å². The van der Waals surface area contributed by atoms with Crippen LogP contribution in [-0.4, -0.2) is 38.1 Å².